The van der Waals surface area contributed by atoms with Crippen molar-refractivity contribution in [3.63, 3.8) is 0 Å². The van der Waals surface area contributed by atoms with Crippen molar-refractivity contribution in [2.24, 2.45) is 0 Å². The van der Waals surface area contributed by atoms with Crippen molar-refractivity contribution < 1.29 is 4.79 Å². The van der Waals surface area contributed by atoms with Gasteiger partial charge in [0.1, 0.15) is 5.69 Å². The minimum atomic E-state index is 0.0537. The minimum absolute atomic E-state index is 0.0537. The number of carbonyl (C=O) groups is 1. The van der Waals surface area contributed by atoms with Crippen molar-refractivity contribution >= 4 is 29.0 Å². The van der Waals surface area contributed by atoms with Gasteiger partial charge in [-0.3, -0.25) is 9.78 Å². The highest BCUT2D eigenvalue weighted by atomic mass is 32.2. The molecule has 0 spiro atoms. The number of thiophene rings is 1. The second-order valence-electron chi connectivity index (χ2n) is 4.67. The lowest BCUT2D eigenvalue weighted by atomic mass is 10.2. The van der Waals surface area contributed by atoms with Crippen LogP contribution in [-0.4, -0.2) is 34.6 Å². The number of rotatable bonds is 2. The van der Waals surface area contributed by atoms with Gasteiger partial charge in [0.25, 0.3) is 5.91 Å². The molecule has 1 amide bonds. The third-order valence-corrected chi connectivity index (χ3v) is 5.82. The first-order chi connectivity index (χ1) is 9.84. The Balaban J connectivity index is 1.67. The van der Waals surface area contributed by atoms with E-state index in [1.165, 1.54) is 4.88 Å². The van der Waals surface area contributed by atoms with Crippen molar-refractivity contribution in [2.75, 3.05) is 18.8 Å². The third kappa shape index (κ3) is 3.04. The van der Waals surface area contributed by atoms with Gasteiger partial charge >= 0.3 is 0 Å². The van der Waals surface area contributed by atoms with E-state index in [0.29, 0.717) is 10.9 Å². The molecule has 0 radical (unpaired) electrons. The number of hydrogen-bond acceptors (Lipinski definition) is 4. The Morgan fingerprint density at radius 2 is 2.20 bits per heavy atom. The molecule has 0 saturated carbocycles. The van der Waals surface area contributed by atoms with E-state index in [-0.39, 0.29) is 5.91 Å². The molecule has 0 bridgehead atoms. The summed E-state index contributed by atoms with van der Waals surface area (Å²) in [6.07, 6.45) is 2.69. The molecule has 3 nitrogen and oxygen atoms in total. The fourth-order valence-corrected chi connectivity index (χ4v) is 4.56. The topological polar surface area (TPSA) is 33.2 Å². The minimum Gasteiger partial charge on any atom is -0.336 e. The highest BCUT2D eigenvalue weighted by Crippen LogP contribution is 2.36. The maximum absolute atomic E-state index is 12.4. The molecule has 0 N–H and O–H groups in total. The summed E-state index contributed by atoms with van der Waals surface area (Å²) in [4.78, 5) is 19.9. The maximum atomic E-state index is 12.4. The highest BCUT2D eigenvalue weighted by molar-refractivity contribution is 7.99. The van der Waals surface area contributed by atoms with Gasteiger partial charge in [0.05, 0.1) is 0 Å². The number of aromatic nitrogens is 1. The summed E-state index contributed by atoms with van der Waals surface area (Å²) in [5.41, 5.74) is 0.548. The first-order valence-electron chi connectivity index (χ1n) is 6.70. The summed E-state index contributed by atoms with van der Waals surface area (Å²) in [6.45, 7) is 1.62. The van der Waals surface area contributed by atoms with Gasteiger partial charge in [-0.2, -0.15) is 11.8 Å². The van der Waals surface area contributed by atoms with Crippen LogP contribution in [0.3, 0.4) is 0 Å². The van der Waals surface area contributed by atoms with Gasteiger partial charge in [0.2, 0.25) is 0 Å². The molecular weight excluding hydrogens is 288 g/mol. The van der Waals surface area contributed by atoms with Gasteiger partial charge in [-0.1, -0.05) is 12.1 Å². The fourth-order valence-electron chi connectivity index (χ4n) is 2.33. The van der Waals surface area contributed by atoms with Crippen LogP contribution in [0.4, 0.5) is 0 Å². The summed E-state index contributed by atoms with van der Waals surface area (Å²) in [5, 5.41) is 2.65. The van der Waals surface area contributed by atoms with Gasteiger partial charge in [-0.05, 0) is 30.0 Å². The molecule has 2 aromatic heterocycles. The van der Waals surface area contributed by atoms with Crippen LogP contribution in [0.15, 0.2) is 41.9 Å². The van der Waals surface area contributed by atoms with Crippen molar-refractivity contribution in [3.05, 3.63) is 52.5 Å². The quantitative estimate of drug-likeness (QED) is 0.852. The van der Waals surface area contributed by atoms with Crippen molar-refractivity contribution in [1.29, 1.82) is 0 Å². The average Bonchev–Trinajstić information content (AvgIpc) is 2.92. The summed E-state index contributed by atoms with van der Waals surface area (Å²) in [6, 6.07) is 9.78. The standard InChI is InChI=1S/C15H16N2OS2/c18-15(12-4-1-2-7-16-12)17-8-6-14(20-11-9-17)13-5-3-10-19-13/h1-5,7,10,14H,6,8-9,11H2/t14-/m1/s1. The lowest BCUT2D eigenvalue weighted by Gasteiger charge is -2.19. The number of amides is 1. The molecule has 1 fully saturated rings. The number of hydrogen-bond donors (Lipinski definition) is 0. The summed E-state index contributed by atoms with van der Waals surface area (Å²) in [5.74, 6) is 1.04. The molecule has 1 saturated heterocycles. The molecule has 104 valence electrons. The van der Waals surface area contributed by atoms with Gasteiger partial charge in [-0.25, -0.2) is 0 Å². The van der Waals surface area contributed by atoms with Crippen LogP contribution in [0.1, 0.15) is 27.0 Å². The zero-order valence-electron chi connectivity index (χ0n) is 11.1. The predicted octanol–water partition coefficient (Wildman–Crippen LogP) is 3.46. The number of pyridine rings is 1. The Kier molecular flexibility index (Phi) is 4.38. The summed E-state index contributed by atoms with van der Waals surface area (Å²) < 4.78 is 0. The Bertz CT molecular complexity index is 557. The molecular formula is C15H16N2OS2. The van der Waals surface area contributed by atoms with E-state index >= 15 is 0 Å². The Labute approximate surface area is 127 Å². The lowest BCUT2D eigenvalue weighted by Crippen LogP contribution is -2.33. The molecule has 0 aliphatic carbocycles. The molecule has 0 aromatic carbocycles. The van der Waals surface area contributed by atoms with Crippen LogP contribution < -0.4 is 0 Å². The van der Waals surface area contributed by atoms with E-state index in [1.54, 1.807) is 12.3 Å². The zero-order chi connectivity index (χ0) is 13.8. The van der Waals surface area contributed by atoms with E-state index in [2.05, 4.69) is 22.5 Å². The molecule has 3 heterocycles. The van der Waals surface area contributed by atoms with E-state index in [1.807, 2.05) is 40.1 Å². The van der Waals surface area contributed by atoms with Crippen molar-refractivity contribution in [3.8, 4) is 0 Å². The average molecular weight is 304 g/mol. The fraction of sp³-hybridized carbons (Fsp3) is 0.333. The van der Waals surface area contributed by atoms with Crippen LogP contribution in [0.5, 0.6) is 0 Å². The molecule has 5 heteroatoms. The SMILES string of the molecule is O=C(c1ccccn1)N1CCS[C@@H](c2cccs2)CC1. The van der Waals surface area contributed by atoms with E-state index in [4.69, 9.17) is 0 Å². The van der Waals surface area contributed by atoms with Crippen LogP contribution in [0, 0.1) is 0 Å². The van der Waals surface area contributed by atoms with Gasteiger partial charge in [0, 0.05) is 35.2 Å². The van der Waals surface area contributed by atoms with E-state index < -0.39 is 0 Å². The normalized spacial score (nSPS) is 19.6. The molecule has 1 aliphatic rings. The molecule has 0 unspecified atom stereocenters. The van der Waals surface area contributed by atoms with Gasteiger partial charge in [0.15, 0.2) is 0 Å². The van der Waals surface area contributed by atoms with Crippen LogP contribution in [-0.2, 0) is 0 Å². The van der Waals surface area contributed by atoms with Gasteiger partial charge < -0.3 is 4.90 Å². The molecule has 20 heavy (non-hydrogen) atoms. The Morgan fingerprint density at radius 3 is 2.95 bits per heavy atom. The number of thioether (sulfide) groups is 1. The van der Waals surface area contributed by atoms with Gasteiger partial charge in [-0.15, -0.1) is 11.3 Å². The molecule has 2 aromatic rings. The van der Waals surface area contributed by atoms with Crippen LogP contribution in [0.2, 0.25) is 0 Å². The first kappa shape index (κ1) is 13.6. The lowest BCUT2D eigenvalue weighted by molar-refractivity contribution is 0.0761. The molecule has 3 rings (SSSR count). The zero-order valence-corrected chi connectivity index (χ0v) is 12.7. The summed E-state index contributed by atoms with van der Waals surface area (Å²) >= 11 is 3.76. The number of nitrogens with zero attached hydrogens (tertiary/aromatic N) is 2. The number of carbonyl (C=O) groups excluding carboxylic acids is 1. The maximum Gasteiger partial charge on any atom is 0.272 e. The monoisotopic (exact) mass is 304 g/mol. The summed E-state index contributed by atoms with van der Waals surface area (Å²) in [7, 11) is 0. The van der Waals surface area contributed by atoms with E-state index in [9.17, 15) is 4.79 Å². The second kappa shape index (κ2) is 6.41. The molecule has 1 atom stereocenters. The smallest absolute Gasteiger partial charge is 0.272 e. The van der Waals surface area contributed by atoms with E-state index in [0.717, 1.165) is 25.3 Å². The largest absolute Gasteiger partial charge is 0.336 e. The molecule has 1 aliphatic heterocycles. The second-order valence-corrected chi connectivity index (χ2v) is 6.96. The highest BCUT2D eigenvalue weighted by Gasteiger charge is 2.23. The Morgan fingerprint density at radius 1 is 1.25 bits per heavy atom. The predicted molar refractivity (Wildman–Crippen MR) is 84.3 cm³/mol. The third-order valence-electron chi connectivity index (χ3n) is 3.37. The van der Waals surface area contributed by atoms with Crippen LogP contribution in [0.25, 0.3) is 0 Å². The van der Waals surface area contributed by atoms with Crippen molar-refractivity contribution in [2.45, 2.75) is 11.7 Å². The Hall–Kier alpha value is -1.33. The first-order valence-corrected chi connectivity index (χ1v) is 8.63. The van der Waals surface area contributed by atoms with Crippen molar-refractivity contribution in [1.82, 2.24) is 9.88 Å². The van der Waals surface area contributed by atoms with Crippen LogP contribution >= 0.6 is 23.1 Å².